The molecule has 1 rings (SSSR count). The first-order valence-electron chi connectivity index (χ1n) is 5.57. The number of benzene rings is 1. The molecule has 0 heterocycles. The van der Waals surface area contributed by atoms with E-state index in [0.717, 1.165) is 6.07 Å². The maximum Gasteiger partial charge on any atom is 0.405 e. The molecule has 0 saturated carbocycles. The van der Waals surface area contributed by atoms with Gasteiger partial charge in [-0.1, -0.05) is 17.3 Å². The van der Waals surface area contributed by atoms with Crippen molar-refractivity contribution in [3.05, 3.63) is 35.1 Å². The first kappa shape index (κ1) is 16.5. The summed E-state index contributed by atoms with van der Waals surface area (Å²) in [6.45, 7) is -1.80. The molecule has 0 saturated heterocycles. The van der Waals surface area contributed by atoms with E-state index in [4.69, 9.17) is 10.9 Å². The van der Waals surface area contributed by atoms with E-state index < -0.39 is 24.6 Å². The summed E-state index contributed by atoms with van der Waals surface area (Å²) in [5, 5.41) is 14.8. The van der Waals surface area contributed by atoms with Crippen molar-refractivity contribution in [2.45, 2.75) is 12.7 Å². The van der Waals surface area contributed by atoms with Crippen LogP contribution in [0.4, 0.5) is 22.4 Å². The van der Waals surface area contributed by atoms with Crippen molar-refractivity contribution in [2.24, 2.45) is 10.9 Å². The molecular weight excluding hydrogens is 296 g/mol. The summed E-state index contributed by atoms with van der Waals surface area (Å²) in [5.74, 6) is -1.05. The van der Waals surface area contributed by atoms with Crippen LogP contribution >= 0.6 is 0 Å². The van der Waals surface area contributed by atoms with Gasteiger partial charge in [-0.15, -0.1) is 0 Å². The average molecular weight is 308 g/mol. The molecular formula is C11H12F4N4O2. The number of nitrogens with zero attached hydrogens (tertiary/aromatic N) is 1. The molecule has 6 nitrogen and oxygen atoms in total. The summed E-state index contributed by atoms with van der Waals surface area (Å²) in [4.78, 5) is 11.1. The number of oxime groups is 1. The Hall–Kier alpha value is -2.52. The number of nitrogens with one attached hydrogen (secondary N) is 2. The molecule has 0 aromatic heterocycles. The number of nitrogens with two attached hydrogens (primary N) is 1. The Balaban J connectivity index is 2.58. The van der Waals surface area contributed by atoms with Gasteiger partial charge >= 0.3 is 12.2 Å². The molecule has 0 aliphatic carbocycles. The first-order valence-corrected chi connectivity index (χ1v) is 5.57. The van der Waals surface area contributed by atoms with Gasteiger partial charge in [0.15, 0.2) is 5.84 Å². The Morgan fingerprint density at radius 2 is 2.00 bits per heavy atom. The highest BCUT2D eigenvalue weighted by atomic mass is 19.4. The molecule has 0 aliphatic rings. The lowest BCUT2D eigenvalue weighted by atomic mass is 10.1. The Bertz CT molecular complexity index is 546. The number of halogens is 4. The van der Waals surface area contributed by atoms with Crippen LogP contribution in [0.25, 0.3) is 0 Å². The molecule has 0 fully saturated rings. The lowest BCUT2D eigenvalue weighted by molar-refractivity contribution is -0.122. The number of urea groups is 1. The second-order valence-corrected chi connectivity index (χ2v) is 3.94. The Morgan fingerprint density at radius 1 is 1.33 bits per heavy atom. The van der Waals surface area contributed by atoms with E-state index in [2.05, 4.69) is 10.5 Å². The molecule has 116 valence electrons. The van der Waals surface area contributed by atoms with Gasteiger partial charge in [-0.3, -0.25) is 0 Å². The highest BCUT2D eigenvalue weighted by Gasteiger charge is 2.27. The van der Waals surface area contributed by atoms with Crippen molar-refractivity contribution < 1.29 is 27.6 Å². The maximum atomic E-state index is 13.6. The van der Waals surface area contributed by atoms with Crippen LogP contribution in [0.1, 0.15) is 11.1 Å². The Kier molecular flexibility index (Phi) is 5.33. The predicted molar refractivity (Wildman–Crippen MR) is 65.2 cm³/mol. The summed E-state index contributed by atoms with van der Waals surface area (Å²) in [7, 11) is 0. The SMILES string of the molecule is N/C(=N/O)c1ccc(CNC(=O)NCC(F)(F)F)c(F)c1. The van der Waals surface area contributed by atoms with E-state index in [1.807, 2.05) is 0 Å². The number of alkyl halides is 3. The summed E-state index contributed by atoms with van der Waals surface area (Å²) in [6.07, 6.45) is -4.52. The van der Waals surface area contributed by atoms with Crippen LogP contribution in [0.5, 0.6) is 0 Å². The first-order chi connectivity index (χ1) is 9.73. The van der Waals surface area contributed by atoms with Crippen LogP contribution in [0, 0.1) is 5.82 Å². The summed E-state index contributed by atoms with van der Waals surface area (Å²) >= 11 is 0. The third-order valence-electron chi connectivity index (χ3n) is 2.35. The minimum atomic E-state index is -4.52. The summed E-state index contributed by atoms with van der Waals surface area (Å²) < 4.78 is 49.2. The zero-order valence-electron chi connectivity index (χ0n) is 10.5. The normalized spacial score (nSPS) is 12.1. The molecule has 0 bridgehead atoms. The van der Waals surface area contributed by atoms with E-state index in [1.54, 1.807) is 5.32 Å². The fraction of sp³-hybridized carbons (Fsp3) is 0.273. The van der Waals surface area contributed by atoms with E-state index in [0.29, 0.717) is 0 Å². The van der Waals surface area contributed by atoms with Gasteiger partial charge in [0.25, 0.3) is 0 Å². The van der Waals surface area contributed by atoms with Crippen LogP contribution < -0.4 is 16.4 Å². The number of carbonyl (C=O) groups is 1. The van der Waals surface area contributed by atoms with Gasteiger partial charge in [-0.2, -0.15) is 13.2 Å². The fourth-order valence-corrected chi connectivity index (χ4v) is 1.33. The number of amides is 2. The minimum absolute atomic E-state index is 0.0339. The molecule has 21 heavy (non-hydrogen) atoms. The minimum Gasteiger partial charge on any atom is -0.409 e. The predicted octanol–water partition coefficient (Wildman–Crippen LogP) is 1.28. The van der Waals surface area contributed by atoms with E-state index in [1.165, 1.54) is 12.1 Å². The van der Waals surface area contributed by atoms with Gasteiger partial charge in [-0.05, 0) is 6.07 Å². The molecule has 1 aromatic rings. The van der Waals surface area contributed by atoms with Crippen molar-refractivity contribution in [2.75, 3.05) is 6.54 Å². The summed E-state index contributed by atoms with van der Waals surface area (Å²) in [6, 6.07) is 2.49. The van der Waals surface area contributed by atoms with Crippen LogP contribution in [0.15, 0.2) is 23.4 Å². The molecule has 10 heteroatoms. The van der Waals surface area contributed by atoms with Crippen LogP contribution in [0.3, 0.4) is 0 Å². The van der Waals surface area contributed by atoms with Gasteiger partial charge in [-0.25, -0.2) is 9.18 Å². The average Bonchev–Trinajstić information content (AvgIpc) is 2.42. The maximum absolute atomic E-state index is 13.6. The van der Waals surface area contributed by atoms with Crippen molar-refractivity contribution in [3.8, 4) is 0 Å². The fourth-order valence-electron chi connectivity index (χ4n) is 1.33. The second-order valence-electron chi connectivity index (χ2n) is 3.94. The third kappa shape index (κ3) is 5.55. The largest absolute Gasteiger partial charge is 0.409 e. The molecule has 0 unspecified atom stereocenters. The zero-order chi connectivity index (χ0) is 16.0. The molecule has 0 spiro atoms. The van der Waals surface area contributed by atoms with Crippen molar-refractivity contribution >= 4 is 11.9 Å². The quantitative estimate of drug-likeness (QED) is 0.222. The smallest absolute Gasteiger partial charge is 0.405 e. The topological polar surface area (TPSA) is 99.7 Å². The number of hydrogen-bond donors (Lipinski definition) is 4. The summed E-state index contributed by atoms with van der Waals surface area (Å²) in [5.41, 5.74) is 5.42. The van der Waals surface area contributed by atoms with E-state index >= 15 is 0 Å². The monoisotopic (exact) mass is 308 g/mol. The Labute approximate surface area is 116 Å². The standard InChI is InChI=1S/C11H12F4N4O2/c12-8-3-6(9(16)19-21)1-2-7(8)4-17-10(20)18-5-11(13,14)15/h1-3,21H,4-5H2,(H2,16,19)(H2,17,18,20). The van der Waals surface area contributed by atoms with E-state index in [-0.39, 0.29) is 23.5 Å². The number of amidine groups is 1. The van der Waals surface area contributed by atoms with Crippen LogP contribution in [-0.2, 0) is 6.54 Å². The van der Waals surface area contributed by atoms with Gasteiger partial charge in [0.1, 0.15) is 12.4 Å². The zero-order valence-corrected chi connectivity index (χ0v) is 10.5. The van der Waals surface area contributed by atoms with Gasteiger partial charge in [0.05, 0.1) is 0 Å². The molecule has 2 amide bonds. The van der Waals surface area contributed by atoms with Crippen LogP contribution in [-0.4, -0.2) is 29.8 Å². The third-order valence-corrected chi connectivity index (χ3v) is 2.35. The molecule has 0 radical (unpaired) electrons. The van der Waals surface area contributed by atoms with Crippen molar-refractivity contribution in [3.63, 3.8) is 0 Å². The highest BCUT2D eigenvalue weighted by molar-refractivity contribution is 5.97. The molecule has 1 aromatic carbocycles. The second kappa shape index (κ2) is 6.77. The van der Waals surface area contributed by atoms with E-state index in [9.17, 15) is 22.4 Å². The Morgan fingerprint density at radius 3 is 2.52 bits per heavy atom. The van der Waals surface area contributed by atoms with Gasteiger partial charge in [0, 0.05) is 17.7 Å². The van der Waals surface area contributed by atoms with Crippen LogP contribution in [0.2, 0.25) is 0 Å². The molecule has 5 N–H and O–H groups in total. The molecule has 0 atom stereocenters. The van der Waals surface area contributed by atoms with Gasteiger partial charge < -0.3 is 21.6 Å². The van der Waals surface area contributed by atoms with Crippen molar-refractivity contribution in [1.82, 2.24) is 10.6 Å². The number of rotatable bonds is 4. The number of carbonyl (C=O) groups excluding carboxylic acids is 1. The lowest BCUT2D eigenvalue weighted by Crippen LogP contribution is -2.40. The lowest BCUT2D eigenvalue weighted by Gasteiger charge is -2.10. The molecule has 0 aliphatic heterocycles. The highest BCUT2D eigenvalue weighted by Crippen LogP contribution is 2.12. The van der Waals surface area contributed by atoms with Crippen molar-refractivity contribution in [1.29, 1.82) is 0 Å². The van der Waals surface area contributed by atoms with Gasteiger partial charge in [0.2, 0.25) is 0 Å². The number of hydrogen-bond acceptors (Lipinski definition) is 3.